The second-order valence-corrected chi connectivity index (χ2v) is 10.4. The van der Waals surface area contributed by atoms with Gasteiger partial charge < -0.3 is 16.4 Å². The zero-order valence-electron chi connectivity index (χ0n) is 22.1. The molecule has 3 atom stereocenters. The second-order valence-electron chi connectivity index (χ2n) is 10.4. The van der Waals surface area contributed by atoms with Crippen molar-refractivity contribution in [2.75, 3.05) is 10.2 Å². The van der Waals surface area contributed by atoms with E-state index in [2.05, 4.69) is 10.6 Å². The van der Waals surface area contributed by atoms with Crippen LogP contribution in [0.1, 0.15) is 70.0 Å². The molecule has 0 bridgehead atoms. The number of hydrogen-bond donors (Lipinski definition) is 3. The van der Waals surface area contributed by atoms with Crippen LogP contribution in [0.3, 0.4) is 0 Å². The minimum Gasteiger partial charge on any atom is -0.348 e. The number of carbonyl (C=O) groups excluding carboxylic acids is 3. The van der Waals surface area contributed by atoms with Gasteiger partial charge in [0.05, 0.1) is 28.8 Å². The smallest absolute Gasteiger partial charge is 0.270 e. The topological polar surface area (TPSA) is 148 Å². The zero-order valence-corrected chi connectivity index (χ0v) is 22.1. The van der Waals surface area contributed by atoms with Crippen LogP contribution in [0, 0.1) is 17.0 Å². The van der Waals surface area contributed by atoms with E-state index in [9.17, 15) is 24.5 Å². The summed E-state index contributed by atoms with van der Waals surface area (Å²) >= 11 is 0. The zero-order chi connectivity index (χ0) is 28.4. The molecule has 3 amide bonds. The number of nitrogens with one attached hydrogen (secondary N) is 2. The molecule has 2 aliphatic rings. The average Bonchev–Trinajstić information content (AvgIpc) is 3.09. The van der Waals surface area contributed by atoms with Crippen molar-refractivity contribution >= 4 is 34.8 Å². The van der Waals surface area contributed by atoms with Crippen molar-refractivity contribution < 1.29 is 19.3 Å². The van der Waals surface area contributed by atoms with E-state index in [1.54, 1.807) is 18.2 Å². The third kappa shape index (κ3) is 5.57. The fourth-order valence-electron chi connectivity index (χ4n) is 5.41. The maximum Gasteiger partial charge on any atom is 0.270 e. The van der Waals surface area contributed by atoms with Crippen LogP contribution in [0.5, 0.6) is 0 Å². The van der Waals surface area contributed by atoms with E-state index in [-0.39, 0.29) is 41.6 Å². The molecular formula is C30H31N5O5. The number of nitro groups is 1. The van der Waals surface area contributed by atoms with Crippen LogP contribution in [0.2, 0.25) is 0 Å². The number of non-ortho nitro benzene ring substituents is 1. The van der Waals surface area contributed by atoms with Gasteiger partial charge in [-0.2, -0.15) is 0 Å². The van der Waals surface area contributed by atoms with Gasteiger partial charge in [0.2, 0.25) is 5.91 Å². The molecule has 3 unspecified atom stereocenters. The highest BCUT2D eigenvalue weighted by molar-refractivity contribution is 6.12. The van der Waals surface area contributed by atoms with Crippen LogP contribution in [0.25, 0.3) is 0 Å². The third-order valence-electron chi connectivity index (χ3n) is 7.60. The van der Waals surface area contributed by atoms with Gasteiger partial charge in [-0.3, -0.25) is 29.4 Å². The molecule has 1 fully saturated rings. The van der Waals surface area contributed by atoms with Gasteiger partial charge in [-0.25, -0.2) is 0 Å². The van der Waals surface area contributed by atoms with Crippen LogP contribution in [0.4, 0.5) is 17.1 Å². The quantitative estimate of drug-likeness (QED) is 0.317. The number of benzene rings is 3. The summed E-state index contributed by atoms with van der Waals surface area (Å²) in [6.07, 6.45) is 3.64. The van der Waals surface area contributed by atoms with Crippen LogP contribution >= 0.6 is 0 Å². The lowest BCUT2D eigenvalue weighted by Crippen LogP contribution is -2.49. The molecule has 1 saturated carbocycles. The molecule has 5 rings (SSSR count). The lowest BCUT2D eigenvalue weighted by molar-refractivity contribution is -0.384. The molecule has 0 spiro atoms. The summed E-state index contributed by atoms with van der Waals surface area (Å²) in [5, 5.41) is 17.3. The molecule has 3 aromatic carbocycles. The Morgan fingerprint density at radius 1 is 1.02 bits per heavy atom. The maximum atomic E-state index is 14.0. The summed E-state index contributed by atoms with van der Waals surface area (Å²) in [5.41, 5.74) is 8.89. The highest BCUT2D eigenvalue weighted by Gasteiger charge is 2.35. The molecule has 1 heterocycles. The number of nitrogens with zero attached hydrogens (tertiary/aromatic N) is 2. The van der Waals surface area contributed by atoms with Crippen molar-refractivity contribution in [2.24, 2.45) is 5.73 Å². The van der Waals surface area contributed by atoms with Crippen molar-refractivity contribution in [2.45, 2.75) is 57.2 Å². The Bertz CT molecular complexity index is 1470. The largest absolute Gasteiger partial charge is 0.348 e. The third-order valence-corrected chi connectivity index (χ3v) is 7.60. The minimum atomic E-state index is -0.687. The number of hydrogen-bond acceptors (Lipinski definition) is 6. The van der Waals surface area contributed by atoms with E-state index in [4.69, 9.17) is 5.73 Å². The first kappa shape index (κ1) is 27.0. The molecule has 1 aliphatic carbocycles. The highest BCUT2D eigenvalue weighted by atomic mass is 16.6. The Balaban J connectivity index is 1.56. The van der Waals surface area contributed by atoms with Crippen molar-refractivity contribution in [3.63, 3.8) is 0 Å². The van der Waals surface area contributed by atoms with E-state index < -0.39 is 16.9 Å². The Morgan fingerprint density at radius 3 is 2.50 bits per heavy atom. The predicted molar refractivity (Wildman–Crippen MR) is 151 cm³/mol. The number of rotatable bonds is 5. The number of aryl methyl sites for hydroxylation is 1. The molecule has 3 aromatic rings. The summed E-state index contributed by atoms with van der Waals surface area (Å²) in [6, 6.07) is 16.9. The van der Waals surface area contributed by atoms with Gasteiger partial charge in [-0.05, 0) is 49.6 Å². The Morgan fingerprint density at radius 2 is 1.77 bits per heavy atom. The molecular weight excluding hydrogens is 510 g/mol. The van der Waals surface area contributed by atoms with Gasteiger partial charge in [0.15, 0.2) is 0 Å². The van der Waals surface area contributed by atoms with Crippen molar-refractivity contribution in [1.82, 2.24) is 5.32 Å². The fraction of sp³-hybridized carbons (Fsp3) is 0.300. The minimum absolute atomic E-state index is 0.0448. The lowest BCUT2D eigenvalue weighted by atomic mass is 9.91. The number of fused-ring (bicyclic) bond motifs is 1. The molecule has 0 saturated heterocycles. The number of carbonyl (C=O) groups is 3. The first-order valence-corrected chi connectivity index (χ1v) is 13.4. The average molecular weight is 542 g/mol. The van der Waals surface area contributed by atoms with Gasteiger partial charge >= 0.3 is 0 Å². The molecule has 1 aliphatic heterocycles. The molecule has 10 nitrogen and oxygen atoms in total. The van der Waals surface area contributed by atoms with Crippen molar-refractivity contribution in [1.29, 1.82) is 0 Å². The second kappa shape index (κ2) is 11.3. The van der Waals surface area contributed by atoms with Gasteiger partial charge in [0.1, 0.15) is 0 Å². The molecule has 10 heteroatoms. The summed E-state index contributed by atoms with van der Waals surface area (Å²) in [5.74, 6) is -1.14. The predicted octanol–water partition coefficient (Wildman–Crippen LogP) is 4.63. The van der Waals surface area contributed by atoms with Crippen LogP contribution in [-0.4, -0.2) is 34.7 Å². The molecule has 4 N–H and O–H groups in total. The molecule has 40 heavy (non-hydrogen) atoms. The van der Waals surface area contributed by atoms with Gasteiger partial charge in [0.25, 0.3) is 17.5 Å². The summed E-state index contributed by atoms with van der Waals surface area (Å²) < 4.78 is 0. The summed E-state index contributed by atoms with van der Waals surface area (Å²) in [6.45, 7) is 1.94. The van der Waals surface area contributed by atoms with Gasteiger partial charge in [-0.1, -0.05) is 48.7 Å². The summed E-state index contributed by atoms with van der Waals surface area (Å²) in [4.78, 5) is 52.6. The number of nitrogens with two attached hydrogens (primary N) is 1. The van der Waals surface area contributed by atoms with E-state index in [0.717, 1.165) is 36.8 Å². The monoisotopic (exact) mass is 541 g/mol. The van der Waals surface area contributed by atoms with Crippen LogP contribution < -0.4 is 21.3 Å². The lowest BCUT2D eigenvalue weighted by Gasteiger charge is -2.31. The number of anilines is 2. The van der Waals surface area contributed by atoms with E-state index >= 15 is 0 Å². The van der Waals surface area contributed by atoms with Gasteiger partial charge in [-0.15, -0.1) is 0 Å². The standard InChI is InChI=1S/C30H31N5O5/c1-18-9-11-19(12-10-18)27-17-28(36)32-25-16-20(29(37)33-24-8-3-2-7-23(24)31)13-14-26(25)34(27)30(38)21-5-4-6-22(15-21)35(39)40/h4-6,9-16,23-24,27H,2-3,7-8,17,31H2,1H3,(H,32,36)(H,33,37). The van der Waals surface area contributed by atoms with E-state index in [0.29, 0.717) is 16.9 Å². The first-order chi connectivity index (χ1) is 19.2. The van der Waals surface area contributed by atoms with Crippen molar-refractivity contribution in [3.05, 3.63) is 99.1 Å². The Kier molecular flexibility index (Phi) is 7.61. The van der Waals surface area contributed by atoms with E-state index in [1.165, 1.54) is 29.2 Å². The molecule has 0 aromatic heterocycles. The first-order valence-electron chi connectivity index (χ1n) is 13.4. The van der Waals surface area contributed by atoms with E-state index in [1.807, 2.05) is 31.2 Å². The molecule has 206 valence electrons. The fourth-order valence-corrected chi connectivity index (χ4v) is 5.41. The number of nitro benzene ring substituents is 1. The van der Waals surface area contributed by atoms with Crippen LogP contribution in [-0.2, 0) is 4.79 Å². The maximum absolute atomic E-state index is 14.0. The van der Waals surface area contributed by atoms with Crippen LogP contribution in [0.15, 0.2) is 66.7 Å². The highest BCUT2D eigenvalue weighted by Crippen LogP contribution is 2.40. The van der Waals surface area contributed by atoms with Crippen molar-refractivity contribution in [3.8, 4) is 0 Å². The Hall–Kier alpha value is -4.57. The molecule has 0 radical (unpaired) electrons. The number of amides is 3. The Labute approximate surface area is 231 Å². The SMILES string of the molecule is Cc1ccc(C2CC(=O)Nc3cc(C(=O)NC4CCCCC4N)ccc3N2C(=O)c2cccc([N+](=O)[O-])c2)cc1. The summed E-state index contributed by atoms with van der Waals surface area (Å²) in [7, 11) is 0. The van der Waals surface area contributed by atoms with Gasteiger partial charge in [0, 0.05) is 35.3 Å². The normalized spacial score (nSPS) is 20.6.